The van der Waals surface area contributed by atoms with Gasteiger partial charge in [-0.05, 0) is 29.8 Å². The summed E-state index contributed by atoms with van der Waals surface area (Å²) in [6.07, 6.45) is 3.53. The zero-order chi connectivity index (χ0) is 19.1. The van der Waals surface area contributed by atoms with E-state index in [-0.39, 0.29) is 17.6 Å². The van der Waals surface area contributed by atoms with E-state index in [1.54, 1.807) is 30.5 Å². The zero-order valence-corrected chi connectivity index (χ0v) is 15.7. The maximum Gasteiger partial charge on any atom is 0.251 e. The molecule has 0 aliphatic carbocycles. The minimum atomic E-state index is -0.151. The molecule has 0 aliphatic heterocycles. The maximum atomic E-state index is 12.2. The van der Waals surface area contributed by atoms with E-state index in [0.717, 1.165) is 10.7 Å². The van der Waals surface area contributed by atoms with E-state index in [1.807, 2.05) is 48.1 Å². The second kappa shape index (κ2) is 9.05. The highest BCUT2D eigenvalue weighted by Gasteiger charge is 2.08. The first-order valence-electron chi connectivity index (χ1n) is 8.44. The van der Waals surface area contributed by atoms with Crippen molar-refractivity contribution in [2.24, 2.45) is 7.05 Å². The molecule has 0 radical (unpaired) electrons. The van der Waals surface area contributed by atoms with Crippen LogP contribution in [0.3, 0.4) is 0 Å². The van der Waals surface area contributed by atoms with E-state index < -0.39 is 0 Å². The Morgan fingerprint density at radius 3 is 2.48 bits per heavy atom. The van der Waals surface area contributed by atoms with Gasteiger partial charge in [0.25, 0.3) is 5.91 Å². The Morgan fingerprint density at radius 2 is 1.81 bits per heavy atom. The molecule has 6 nitrogen and oxygen atoms in total. The summed E-state index contributed by atoms with van der Waals surface area (Å²) in [5, 5.41) is 6.48. The standard InChI is InChI=1S/C20H20N4O2S/c1-24-12-11-21-20(24)27-14-18(25)23-17-9-7-16(8-10-17)19(26)22-13-15-5-3-2-4-6-15/h2-12H,13-14H2,1H3,(H,22,26)(H,23,25). The molecule has 0 fully saturated rings. The quantitative estimate of drug-likeness (QED) is 0.618. The number of rotatable bonds is 7. The lowest BCUT2D eigenvalue weighted by atomic mass is 10.1. The number of anilines is 1. The van der Waals surface area contributed by atoms with Gasteiger partial charge in [0.05, 0.1) is 5.75 Å². The summed E-state index contributed by atoms with van der Waals surface area (Å²) in [4.78, 5) is 28.4. The Labute approximate surface area is 162 Å². The van der Waals surface area contributed by atoms with Gasteiger partial charge in [-0.25, -0.2) is 4.98 Å². The fourth-order valence-corrected chi connectivity index (χ4v) is 3.14. The first-order valence-corrected chi connectivity index (χ1v) is 9.42. The van der Waals surface area contributed by atoms with Crippen molar-refractivity contribution in [1.82, 2.24) is 14.9 Å². The molecule has 7 heteroatoms. The Kier molecular flexibility index (Phi) is 6.27. The first-order chi connectivity index (χ1) is 13.1. The average Bonchev–Trinajstić information content (AvgIpc) is 3.11. The van der Waals surface area contributed by atoms with Gasteiger partial charge in [0.1, 0.15) is 0 Å². The topological polar surface area (TPSA) is 76.0 Å². The van der Waals surface area contributed by atoms with Crippen LogP contribution in [-0.4, -0.2) is 27.1 Å². The molecule has 0 aliphatic rings. The number of carbonyl (C=O) groups excluding carboxylic acids is 2. The molecule has 0 atom stereocenters. The van der Waals surface area contributed by atoms with E-state index >= 15 is 0 Å². The fourth-order valence-electron chi connectivity index (χ4n) is 2.40. The molecule has 2 amide bonds. The number of amides is 2. The fraction of sp³-hybridized carbons (Fsp3) is 0.150. The lowest BCUT2D eigenvalue weighted by Gasteiger charge is -2.08. The van der Waals surface area contributed by atoms with E-state index in [4.69, 9.17) is 0 Å². The molecular weight excluding hydrogens is 360 g/mol. The number of hydrogen-bond donors (Lipinski definition) is 2. The second-order valence-electron chi connectivity index (χ2n) is 5.90. The zero-order valence-electron chi connectivity index (χ0n) is 14.9. The summed E-state index contributed by atoms with van der Waals surface area (Å²) in [6, 6.07) is 16.6. The molecule has 0 saturated carbocycles. The molecule has 1 aromatic heterocycles. The molecule has 3 rings (SSSR count). The number of thioether (sulfide) groups is 1. The molecule has 0 unspecified atom stereocenters. The van der Waals surface area contributed by atoms with Crippen molar-refractivity contribution in [2.45, 2.75) is 11.7 Å². The van der Waals surface area contributed by atoms with Crippen LogP contribution < -0.4 is 10.6 Å². The van der Waals surface area contributed by atoms with Crippen LogP contribution in [0.2, 0.25) is 0 Å². The Bertz CT molecular complexity index is 907. The van der Waals surface area contributed by atoms with Gasteiger partial charge in [0.2, 0.25) is 5.91 Å². The molecule has 2 aromatic carbocycles. The summed E-state index contributed by atoms with van der Waals surface area (Å²) in [5.74, 6) is -0.00388. The molecule has 0 saturated heterocycles. The first kappa shape index (κ1) is 18.7. The number of nitrogens with one attached hydrogen (secondary N) is 2. The van der Waals surface area contributed by atoms with E-state index in [9.17, 15) is 9.59 Å². The molecule has 1 heterocycles. The molecule has 2 N–H and O–H groups in total. The van der Waals surface area contributed by atoms with Gasteiger partial charge >= 0.3 is 0 Å². The number of imidazole rings is 1. The lowest BCUT2D eigenvalue weighted by Crippen LogP contribution is -2.22. The third-order valence-electron chi connectivity index (χ3n) is 3.84. The van der Waals surface area contributed by atoms with E-state index in [0.29, 0.717) is 17.8 Å². The molecular formula is C20H20N4O2S. The van der Waals surface area contributed by atoms with Gasteiger partial charge in [0, 0.05) is 37.2 Å². The van der Waals surface area contributed by atoms with Gasteiger partial charge in [-0.15, -0.1) is 0 Å². The van der Waals surface area contributed by atoms with Crippen molar-refractivity contribution in [3.63, 3.8) is 0 Å². The monoisotopic (exact) mass is 380 g/mol. The summed E-state index contributed by atoms with van der Waals surface area (Å²) >= 11 is 1.37. The molecule has 3 aromatic rings. The number of carbonyl (C=O) groups is 2. The van der Waals surface area contributed by atoms with Crippen LogP contribution in [0.15, 0.2) is 72.1 Å². The number of nitrogens with zero attached hydrogens (tertiary/aromatic N) is 2. The molecule has 138 valence electrons. The number of aromatic nitrogens is 2. The number of aryl methyl sites for hydroxylation is 1. The highest BCUT2D eigenvalue weighted by molar-refractivity contribution is 7.99. The minimum Gasteiger partial charge on any atom is -0.348 e. The minimum absolute atomic E-state index is 0.121. The predicted molar refractivity (Wildman–Crippen MR) is 107 cm³/mol. The summed E-state index contributed by atoms with van der Waals surface area (Å²) in [6.45, 7) is 0.475. The summed E-state index contributed by atoms with van der Waals surface area (Å²) < 4.78 is 1.86. The van der Waals surface area contributed by atoms with Crippen LogP contribution in [0, 0.1) is 0 Å². The van der Waals surface area contributed by atoms with Crippen LogP contribution in [-0.2, 0) is 18.4 Å². The summed E-state index contributed by atoms with van der Waals surface area (Å²) in [7, 11) is 1.88. The van der Waals surface area contributed by atoms with Gasteiger partial charge in [-0.2, -0.15) is 0 Å². The van der Waals surface area contributed by atoms with Crippen molar-refractivity contribution in [2.75, 3.05) is 11.1 Å². The van der Waals surface area contributed by atoms with Crippen LogP contribution in [0.4, 0.5) is 5.69 Å². The highest BCUT2D eigenvalue weighted by Crippen LogP contribution is 2.15. The normalized spacial score (nSPS) is 10.4. The average molecular weight is 380 g/mol. The second-order valence-corrected chi connectivity index (χ2v) is 6.85. The van der Waals surface area contributed by atoms with E-state index in [2.05, 4.69) is 15.6 Å². The third-order valence-corrected chi connectivity index (χ3v) is 4.89. The van der Waals surface area contributed by atoms with Crippen LogP contribution in [0.5, 0.6) is 0 Å². The van der Waals surface area contributed by atoms with Crippen molar-refractivity contribution in [3.05, 3.63) is 78.1 Å². The number of hydrogen-bond acceptors (Lipinski definition) is 4. The van der Waals surface area contributed by atoms with Crippen LogP contribution in [0.25, 0.3) is 0 Å². The van der Waals surface area contributed by atoms with Crippen molar-refractivity contribution in [3.8, 4) is 0 Å². The number of benzene rings is 2. The van der Waals surface area contributed by atoms with E-state index in [1.165, 1.54) is 11.8 Å². The Balaban J connectivity index is 1.48. The smallest absolute Gasteiger partial charge is 0.251 e. The molecule has 27 heavy (non-hydrogen) atoms. The SMILES string of the molecule is Cn1ccnc1SCC(=O)Nc1ccc(C(=O)NCc2ccccc2)cc1. The van der Waals surface area contributed by atoms with Gasteiger partial charge in [0.15, 0.2) is 5.16 Å². The van der Waals surface area contributed by atoms with Gasteiger partial charge < -0.3 is 15.2 Å². The van der Waals surface area contributed by atoms with Crippen molar-refractivity contribution in [1.29, 1.82) is 0 Å². The Morgan fingerprint density at radius 1 is 1.07 bits per heavy atom. The summed E-state index contributed by atoms with van der Waals surface area (Å²) in [5.41, 5.74) is 2.24. The predicted octanol–water partition coefficient (Wildman–Crippen LogP) is 3.08. The van der Waals surface area contributed by atoms with Gasteiger partial charge in [-0.1, -0.05) is 42.1 Å². The largest absolute Gasteiger partial charge is 0.348 e. The van der Waals surface area contributed by atoms with Crippen LogP contribution in [0.1, 0.15) is 15.9 Å². The highest BCUT2D eigenvalue weighted by atomic mass is 32.2. The van der Waals surface area contributed by atoms with Gasteiger partial charge in [-0.3, -0.25) is 9.59 Å². The molecule has 0 spiro atoms. The third kappa shape index (κ3) is 5.46. The maximum absolute atomic E-state index is 12.2. The lowest BCUT2D eigenvalue weighted by molar-refractivity contribution is -0.113. The molecule has 0 bridgehead atoms. The van der Waals surface area contributed by atoms with Crippen molar-refractivity contribution < 1.29 is 9.59 Å². The van der Waals surface area contributed by atoms with Crippen molar-refractivity contribution >= 4 is 29.3 Å². The van der Waals surface area contributed by atoms with Crippen LogP contribution >= 0.6 is 11.8 Å². The Hall–Kier alpha value is -3.06.